The Balaban J connectivity index is 1.32. The van der Waals surface area contributed by atoms with Crippen LogP contribution >= 0.6 is 11.5 Å². The van der Waals surface area contributed by atoms with Gasteiger partial charge in [-0.25, -0.2) is 9.78 Å². The van der Waals surface area contributed by atoms with E-state index in [9.17, 15) is 14.4 Å². The van der Waals surface area contributed by atoms with Crippen molar-refractivity contribution in [2.24, 2.45) is 0 Å². The van der Waals surface area contributed by atoms with Gasteiger partial charge in [-0.3, -0.25) is 19.8 Å². The molecule has 2 aromatic carbocycles. The summed E-state index contributed by atoms with van der Waals surface area (Å²) in [5, 5.41) is 6.41. The van der Waals surface area contributed by atoms with Gasteiger partial charge in [-0.2, -0.15) is 4.37 Å². The number of fused-ring (bicyclic) bond motifs is 1. The van der Waals surface area contributed by atoms with Crippen molar-refractivity contribution < 1.29 is 14.4 Å². The van der Waals surface area contributed by atoms with Gasteiger partial charge >= 0.3 is 6.03 Å². The van der Waals surface area contributed by atoms with Gasteiger partial charge < -0.3 is 10.2 Å². The molecule has 1 saturated heterocycles. The van der Waals surface area contributed by atoms with Crippen LogP contribution in [0, 0.1) is 13.8 Å². The molecule has 168 valence electrons. The van der Waals surface area contributed by atoms with Crippen molar-refractivity contribution in [2.75, 3.05) is 34.8 Å². The molecule has 0 radical (unpaired) electrons. The van der Waals surface area contributed by atoms with Crippen LogP contribution in [0.3, 0.4) is 0 Å². The number of aryl methyl sites for hydroxylation is 2. The average Bonchev–Trinajstić information content (AvgIpc) is 3.51. The van der Waals surface area contributed by atoms with E-state index in [1.54, 1.807) is 11.0 Å². The lowest BCUT2D eigenvalue weighted by atomic mass is 10.1. The quantitative estimate of drug-likeness (QED) is 0.565. The molecule has 2 aliphatic heterocycles. The number of urea groups is 1. The summed E-state index contributed by atoms with van der Waals surface area (Å²) in [4.78, 5) is 44.4. The predicted octanol–water partition coefficient (Wildman–Crippen LogP) is 2.88. The Bertz CT molecular complexity index is 1290. The zero-order valence-corrected chi connectivity index (χ0v) is 19.0. The smallest absolute Gasteiger partial charge is 0.329 e. The van der Waals surface area contributed by atoms with Gasteiger partial charge in [0.2, 0.25) is 11.8 Å². The van der Waals surface area contributed by atoms with Crippen molar-refractivity contribution in [3.63, 3.8) is 0 Å². The van der Waals surface area contributed by atoms with Crippen LogP contribution < -0.4 is 20.4 Å². The van der Waals surface area contributed by atoms with E-state index in [1.807, 2.05) is 44.2 Å². The zero-order chi connectivity index (χ0) is 23.1. The molecule has 0 saturated carbocycles. The predicted molar refractivity (Wildman–Crippen MR) is 127 cm³/mol. The maximum atomic E-state index is 13.1. The van der Waals surface area contributed by atoms with Crippen LogP contribution in [0.25, 0.3) is 10.6 Å². The fourth-order valence-electron chi connectivity index (χ4n) is 4.19. The van der Waals surface area contributed by atoms with Gasteiger partial charge in [0.25, 0.3) is 0 Å². The second-order valence-corrected chi connectivity index (χ2v) is 8.79. The number of hydrogen-bond acceptors (Lipinski definition) is 7. The molecule has 5 rings (SSSR count). The number of hydrogen-bond donors (Lipinski definition) is 2. The van der Waals surface area contributed by atoms with E-state index in [0.717, 1.165) is 38.9 Å². The highest BCUT2D eigenvalue weighted by atomic mass is 32.1. The number of amides is 4. The third kappa shape index (κ3) is 3.93. The maximum Gasteiger partial charge on any atom is 0.329 e. The first-order chi connectivity index (χ1) is 15.9. The standard InChI is InChI=1S/C23H22N6O3S/c1-13-6-7-15(22-25-14(2)27-33-22)10-17(13)24-11-21(31)28-9-8-16-18(28)4-3-5-19(16)29-12-20(30)26-23(29)32/h3-7,10,24H,8-9,11-12H2,1-2H3,(H,26,30,32). The molecule has 33 heavy (non-hydrogen) atoms. The molecule has 1 fully saturated rings. The molecule has 9 nitrogen and oxygen atoms in total. The Morgan fingerprint density at radius 2 is 2.00 bits per heavy atom. The first-order valence-corrected chi connectivity index (χ1v) is 11.4. The fraction of sp³-hybridized carbons (Fsp3) is 0.261. The van der Waals surface area contributed by atoms with Gasteiger partial charge in [0, 0.05) is 29.0 Å². The number of nitrogens with zero attached hydrogens (tertiary/aromatic N) is 4. The molecule has 0 aliphatic carbocycles. The summed E-state index contributed by atoms with van der Waals surface area (Å²) in [6, 6.07) is 11.1. The highest BCUT2D eigenvalue weighted by Crippen LogP contribution is 2.36. The van der Waals surface area contributed by atoms with Gasteiger partial charge in [0.05, 0.1) is 12.2 Å². The Morgan fingerprint density at radius 3 is 2.73 bits per heavy atom. The molecule has 3 heterocycles. The number of aromatic nitrogens is 2. The monoisotopic (exact) mass is 462 g/mol. The Kier molecular flexibility index (Phi) is 5.29. The number of carbonyl (C=O) groups is 3. The molecular weight excluding hydrogens is 440 g/mol. The molecule has 2 aliphatic rings. The Hall–Kier alpha value is -3.79. The average molecular weight is 463 g/mol. The second-order valence-electron chi connectivity index (χ2n) is 8.04. The lowest BCUT2D eigenvalue weighted by Crippen LogP contribution is -2.34. The summed E-state index contributed by atoms with van der Waals surface area (Å²) in [6.45, 7) is 4.50. The topological polar surface area (TPSA) is 108 Å². The summed E-state index contributed by atoms with van der Waals surface area (Å²) in [6.07, 6.45) is 0.625. The fourth-order valence-corrected chi connectivity index (χ4v) is 4.85. The van der Waals surface area contributed by atoms with Gasteiger partial charge in [-0.05, 0) is 55.6 Å². The summed E-state index contributed by atoms with van der Waals surface area (Å²) in [5.41, 5.74) is 5.21. The molecule has 0 spiro atoms. The number of anilines is 3. The first-order valence-electron chi connectivity index (χ1n) is 10.6. The molecule has 10 heteroatoms. The van der Waals surface area contributed by atoms with Crippen molar-refractivity contribution in [3.8, 4) is 10.6 Å². The van der Waals surface area contributed by atoms with E-state index in [4.69, 9.17) is 0 Å². The van der Waals surface area contributed by atoms with Gasteiger partial charge in [-0.1, -0.05) is 18.2 Å². The van der Waals surface area contributed by atoms with Crippen LogP contribution in [-0.2, 0) is 16.0 Å². The highest BCUT2D eigenvalue weighted by molar-refractivity contribution is 7.09. The first kappa shape index (κ1) is 21.1. The van der Waals surface area contributed by atoms with Crippen LogP contribution in [0.15, 0.2) is 36.4 Å². The zero-order valence-electron chi connectivity index (χ0n) is 18.2. The third-order valence-electron chi connectivity index (χ3n) is 5.83. The van der Waals surface area contributed by atoms with Crippen LogP contribution in [0.4, 0.5) is 21.9 Å². The van der Waals surface area contributed by atoms with Crippen LogP contribution in [-0.4, -0.2) is 46.8 Å². The molecule has 4 amide bonds. The van der Waals surface area contributed by atoms with E-state index in [0.29, 0.717) is 18.7 Å². The number of rotatable bonds is 5. The summed E-state index contributed by atoms with van der Waals surface area (Å²) in [7, 11) is 0. The van der Waals surface area contributed by atoms with Gasteiger partial charge in [-0.15, -0.1) is 0 Å². The van der Waals surface area contributed by atoms with Gasteiger partial charge in [0.15, 0.2) is 0 Å². The Labute approximate surface area is 194 Å². The minimum atomic E-state index is -0.430. The third-order valence-corrected chi connectivity index (χ3v) is 6.69. The van der Waals surface area contributed by atoms with E-state index in [-0.39, 0.29) is 24.9 Å². The van der Waals surface area contributed by atoms with Gasteiger partial charge in [0.1, 0.15) is 17.4 Å². The molecular formula is C23H22N6O3S. The number of nitrogens with one attached hydrogen (secondary N) is 2. The van der Waals surface area contributed by atoms with Crippen LogP contribution in [0.5, 0.6) is 0 Å². The molecule has 1 aromatic heterocycles. The van der Waals surface area contributed by atoms with Crippen LogP contribution in [0.1, 0.15) is 17.0 Å². The lowest BCUT2D eigenvalue weighted by Gasteiger charge is -2.21. The van der Waals surface area contributed by atoms with E-state index < -0.39 is 6.03 Å². The lowest BCUT2D eigenvalue weighted by molar-refractivity contribution is -0.118. The van der Waals surface area contributed by atoms with Crippen molar-refractivity contribution in [2.45, 2.75) is 20.3 Å². The summed E-state index contributed by atoms with van der Waals surface area (Å²) >= 11 is 1.35. The molecule has 0 bridgehead atoms. The highest BCUT2D eigenvalue weighted by Gasteiger charge is 2.33. The second kappa shape index (κ2) is 8.28. The Morgan fingerprint density at radius 1 is 1.18 bits per heavy atom. The van der Waals surface area contributed by atoms with E-state index in [2.05, 4.69) is 20.0 Å². The van der Waals surface area contributed by atoms with E-state index >= 15 is 0 Å². The number of carbonyl (C=O) groups excluding carboxylic acids is 3. The summed E-state index contributed by atoms with van der Waals surface area (Å²) in [5.74, 6) is 0.349. The maximum absolute atomic E-state index is 13.1. The van der Waals surface area contributed by atoms with Crippen LogP contribution in [0.2, 0.25) is 0 Å². The molecule has 0 atom stereocenters. The minimum absolute atomic E-state index is 0.00541. The van der Waals surface area contributed by atoms with Crippen molar-refractivity contribution in [1.29, 1.82) is 0 Å². The number of benzene rings is 2. The van der Waals surface area contributed by atoms with Crippen molar-refractivity contribution in [3.05, 3.63) is 53.3 Å². The SMILES string of the molecule is Cc1nsc(-c2ccc(C)c(NCC(=O)N3CCc4c3cccc4N3CC(=O)NC3=O)c2)n1. The van der Waals surface area contributed by atoms with E-state index in [1.165, 1.54) is 16.4 Å². The largest absolute Gasteiger partial charge is 0.376 e. The van der Waals surface area contributed by atoms with Crippen molar-refractivity contribution in [1.82, 2.24) is 14.7 Å². The summed E-state index contributed by atoms with van der Waals surface area (Å²) < 4.78 is 4.24. The number of imide groups is 1. The minimum Gasteiger partial charge on any atom is -0.376 e. The molecule has 2 N–H and O–H groups in total. The molecule has 3 aromatic rings. The molecule has 0 unspecified atom stereocenters. The van der Waals surface area contributed by atoms with Crippen molar-refractivity contribution >= 4 is 46.4 Å². The normalized spacial score (nSPS) is 15.1.